The van der Waals surface area contributed by atoms with Crippen molar-refractivity contribution in [2.24, 2.45) is 0 Å². The molecule has 0 spiro atoms. The lowest BCUT2D eigenvalue weighted by Crippen LogP contribution is -2.13. The van der Waals surface area contributed by atoms with Crippen molar-refractivity contribution in [1.29, 1.82) is 0 Å². The Labute approximate surface area is 95.6 Å². The fourth-order valence-corrected chi connectivity index (χ4v) is 1.80. The van der Waals surface area contributed by atoms with E-state index in [2.05, 4.69) is 20.7 Å². The van der Waals surface area contributed by atoms with Crippen molar-refractivity contribution in [3.05, 3.63) is 27.7 Å². The van der Waals surface area contributed by atoms with Crippen molar-refractivity contribution in [1.82, 2.24) is 0 Å². The first-order chi connectivity index (χ1) is 6.97. The van der Waals surface area contributed by atoms with Crippen molar-refractivity contribution in [3.8, 4) is 5.75 Å². The zero-order chi connectivity index (χ0) is 11.6. The Hall–Kier alpha value is -1.07. The number of ether oxygens (including phenoxy) is 1. The van der Waals surface area contributed by atoms with Crippen LogP contribution < -0.4 is 0 Å². The van der Waals surface area contributed by atoms with Crippen molar-refractivity contribution in [2.45, 2.75) is 13.0 Å². The quantitative estimate of drug-likeness (QED) is 0.806. The summed E-state index contributed by atoms with van der Waals surface area (Å²) in [6.07, 6.45) is -1.47. The van der Waals surface area contributed by atoms with Crippen LogP contribution in [0, 0.1) is 6.92 Å². The first kappa shape index (κ1) is 12.0. The zero-order valence-electron chi connectivity index (χ0n) is 8.32. The zero-order valence-corrected chi connectivity index (χ0v) is 9.91. The molecule has 0 saturated carbocycles. The van der Waals surface area contributed by atoms with Crippen LogP contribution in [0.3, 0.4) is 0 Å². The number of aliphatic hydroxyl groups is 1. The molecule has 0 aliphatic heterocycles. The second kappa shape index (κ2) is 4.63. The van der Waals surface area contributed by atoms with Gasteiger partial charge in [0.2, 0.25) is 0 Å². The number of hydrogen-bond donors (Lipinski definition) is 2. The largest absolute Gasteiger partial charge is 0.507 e. The number of carbonyl (C=O) groups is 1. The minimum Gasteiger partial charge on any atom is -0.507 e. The van der Waals surface area contributed by atoms with Gasteiger partial charge in [-0.1, -0.05) is 15.9 Å². The summed E-state index contributed by atoms with van der Waals surface area (Å²) in [6.45, 7) is 1.67. The van der Waals surface area contributed by atoms with Gasteiger partial charge in [0.05, 0.1) is 7.11 Å². The van der Waals surface area contributed by atoms with Crippen molar-refractivity contribution in [2.75, 3.05) is 7.11 Å². The van der Waals surface area contributed by atoms with Gasteiger partial charge >= 0.3 is 5.97 Å². The molecule has 0 aromatic heterocycles. The van der Waals surface area contributed by atoms with Gasteiger partial charge in [0.25, 0.3) is 0 Å². The molecule has 1 aromatic carbocycles. The predicted octanol–water partition coefficient (Wildman–Crippen LogP) is 1.67. The Balaban J connectivity index is 3.19. The minimum atomic E-state index is -1.47. The van der Waals surface area contributed by atoms with E-state index in [1.165, 1.54) is 13.2 Å². The van der Waals surface area contributed by atoms with E-state index in [0.717, 1.165) is 0 Å². The fourth-order valence-electron chi connectivity index (χ4n) is 1.21. The highest BCUT2D eigenvalue weighted by atomic mass is 79.9. The van der Waals surface area contributed by atoms with Crippen molar-refractivity contribution < 1.29 is 19.7 Å². The van der Waals surface area contributed by atoms with Gasteiger partial charge in [0, 0.05) is 10.0 Å². The number of benzene rings is 1. The topological polar surface area (TPSA) is 66.8 Å². The van der Waals surface area contributed by atoms with Crippen LogP contribution in [-0.4, -0.2) is 23.3 Å². The number of phenols is 1. The van der Waals surface area contributed by atoms with E-state index in [1.807, 2.05) is 0 Å². The molecule has 2 N–H and O–H groups in total. The molecule has 0 heterocycles. The number of hydrogen-bond acceptors (Lipinski definition) is 4. The van der Waals surface area contributed by atoms with Gasteiger partial charge in [-0.2, -0.15) is 0 Å². The molecular weight excluding hydrogens is 264 g/mol. The van der Waals surface area contributed by atoms with Crippen LogP contribution in [0.15, 0.2) is 16.6 Å². The van der Waals surface area contributed by atoms with Crippen LogP contribution in [0.4, 0.5) is 0 Å². The SMILES string of the molecule is COC(=O)C(O)c1cc(Br)cc(C)c1O. The molecule has 1 rings (SSSR count). The Kier molecular flexibility index (Phi) is 3.71. The van der Waals surface area contributed by atoms with E-state index >= 15 is 0 Å². The molecule has 4 nitrogen and oxygen atoms in total. The maximum absolute atomic E-state index is 11.1. The van der Waals surface area contributed by atoms with Gasteiger partial charge in [-0.15, -0.1) is 0 Å². The van der Waals surface area contributed by atoms with Gasteiger partial charge in [-0.25, -0.2) is 4.79 Å². The number of rotatable bonds is 2. The third-order valence-electron chi connectivity index (χ3n) is 2.01. The summed E-state index contributed by atoms with van der Waals surface area (Å²) in [5.74, 6) is -0.904. The summed E-state index contributed by atoms with van der Waals surface area (Å²) in [6, 6.07) is 3.16. The Morgan fingerprint density at radius 1 is 1.53 bits per heavy atom. The monoisotopic (exact) mass is 274 g/mol. The number of aromatic hydroxyl groups is 1. The second-order valence-electron chi connectivity index (χ2n) is 3.09. The van der Waals surface area contributed by atoms with Crippen LogP contribution in [0.5, 0.6) is 5.75 Å². The standard InChI is InChI=1S/C10H11BrO4/c1-5-3-6(11)4-7(8(5)12)9(13)10(14)15-2/h3-4,9,12-13H,1-2H3. The summed E-state index contributed by atoms with van der Waals surface area (Å²) < 4.78 is 5.06. The molecule has 0 aliphatic carbocycles. The van der Waals surface area contributed by atoms with Gasteiger partial charge in [-0.3, -0.25) is 0 Å². The number of aliphatic hydroxyl groups excluding tert-OH is 1. The summed E-state index contributed by atoms with van der Waals surface area (Å²) >= 11 is 3.21. The van der Waals surface area contributed by atoms with Gasteiger partial charge < -0.3 is 14.9 Å². The van der Waals surface area contributed by atoms with Crippen LogP contribution in [0.1, 0.15) is 17.2 Å². The van der Waals surface area contributed by atoms with Crippen LogP contribution >= 0.6 is 15.9 Å². The normalized spacial score (nSPS) is 12.3. The number of phenolic OH excluding ortho intramolecular Hbond substituents is 1. The number of aryl methyl sites for hydroxylation is 1. The van der Waals surface area contributed by atoms with Crippen LogP contribution in [0.25, 0.3) is 0 Å². The third kappa shape index (κ3) is 2.49. The number of carbonyl (C=O) groups excluding carboxylic acids is 1. The summed E-state index contributed by atoms with van der Waals surface area (Å²) in [5.41, 5.74) is 0.705. The lowest BCUT2D eigenvalue weighted by atomic mass is 10.1. The molecule has 1 aromatic rings. The summed E-state index contributed by atoms with van der Waals surface area (Å²) in [4.78, 5) is 11.1. The average Bonchev–Trinajstić information content (AvgIpc) is 2.21. The van der Waals surface area contributed by atoms with Crippen molar-refractivity contribution >= 4 is 21.9 Å². The van der Waals surface area contributed by atoms with Crippen LogP contribution in [0.2, 0.25) is 0 Å². The lowest BCUT2D eigenvalue weighted by Gasteiger charge is -2.12. The molecule has 15 heavy (non-hydrogen) atoms. The summed E-state index contributed by atoms with van der Waals surface area (Å²) in [7, 11) is 1.17. The minimum absolute atomic E-state index is 0.101. The highest BCUT2D eigenvalue weighted by molar-refractivity contribution is 9.10. The Bertz CT molecular complexity index is 389. The van der Waals surface area contributed by atoms with E-state index in [-0.39, 0.29) is 11.3 Å². The molecule has 0 radical (unpaired) electrons. The van der Waals surface area contributed by atoms with Gasteiger partial charge in [0.15, 0.2) is 6.10 Å². The molecule has 1 unspecified atom stereocenters. The van der Waals surface area contributed by atoms with E-state index in [4.69, 9.17) is 0 Å². The maximum atomic E-state index is 11.1. The fraction of sp³-hybridized carbons (Fsp3) is 0.300. The Morgan fingerprint density at radius 2 is 2.13 bits per heavy atom. The number of esters is 1. The number of halogens is 1. The molecule has 0 amide bonds. The Morgan fingerprint density at radius 3 is 2.67 bits per heavy atom. The van der Waals surface area contributed by atoms with Crippen LogP contribution in [-0.2, 0) is 9.53 Å². The molecule has 5 heteroatoms. The molecule has 0 bridgehead atoms. The van der Waals surface area contributed by atoms with E-state index in [1.54, 1.807) is 13.0 Å². The maximum Gasteiger partial charge on any atom is 0.339 e. The smallest absolute Gasteiger partial charge is 0.339 e. The molecule has 82 valence electrons. The average molecular weight is 275 g/mol. The third-order valence-corrected chi connectivity index (χ3v) is 2.47. The van der Waals surface area contributed by atoms with Gasteiger partial charge in [0.1, 0.15) is 5.75 Å². The highest BCUT2D eigenvalue weighted by Gasteiger charge is 2.22. The van der Waals surface area contributed by atoms with Gasteiger partial charge in [-0.05, 0) is 24.6 Å². The first-order valence-electron chi connectivity index (χ1n) is 4.22. The van der Waals surface area contributed by atoms with E-state index < -0.39 is 12.1 Å². The summed E-state index contributed by atoms with van der Waals surface area (Å²) in [5, 5.41) is 19.2. The van der Waals surface area contributed by atoms with E-state index in [9.17, 15) is 15.0 Å². The second-order valence-corrected chi connectivity index (χ2v) is 4.00. The lowest BCUT2D eigenvalue weighted by molar-refractivity contribution is -0.150. The molecule has 0 fully saturated rings. The molecule has 1 atom stereocenters. The molecule has 0 aliphatic rings. The highest BCUT2D eigenvalue weighted by Crippen LogP contribution is 2.31. The van der Waals surface area contributed by atoms with Crippen molar-refractivity contribution in [3.63, 3.8) is 0 Å². The molecular formula is C10H11BrO4. The first-order valence-corrected chi connectivity index (χ1v) is 5.01. The van der Waals surface area contributed by atoms with E-state index in [0.29, 0.717) is 10.0 Å². The predicted molar refractivity (Wildman–Crippen MR) is 57.5 cm³/mol. The molecule has 0 saturated heterocycles. The number of methoxy groups -OCH3 is 1.